The van der Waals surface area contributed by atoms with Gasteiger partial charge in [0.1, 0.15) is 10.9 Å². The minimum Gasteiger partial charge on any atom is -0.438 e. The monoisotopic (exact) mass is 708 g/mol. The summed E-state index contributed by atoms with van der Waals surface area (Å²) < 4.78 is 28.0. The van der Waals surface area contributed by atoms with Crippen molar-refractivity contribution in [2.75, 3.05) is 11.9 Å². The molecule has 264 valence electrons. The summed E-state index contributed by atoms with van der Waals surface area (Å²) in [7, 11) is -2.42. The first kappa shape index (κ1) is 38.2. The molecule has 0 radical (unpaired) electrons. The van der Waals surface area contributed by atoms with E-state index in [2.05, 4.69) is 6.58 Å². The van der Waals surface area contributed by atoms with Crippen molar-refractivity contribution in [1.29, 1.82) is 0 Å². The van der Waals surface area contributed by atoms with Crippen LogP contribution < -0.4 is 19.5 Å². The largest absolute Gasteiger partial charge is 0.438 e. The lowest BCUT2D eigenvalue weighted by Crippen LogP contribution is -2.35. The molecule has 51 heavy (non-hydrogen) atoms. The van der Waals surface area contributed by atoms with Crippen LogP contribution >= 0.6 is 7.37 Å². The van der Waals surface area contributed by atoms with Gasteiger partial charge >= 0.3 is 5.97 Å². The van der Waals surface area contributed by atoms with Gasteiger partial charge in [-0.15, -0.1) is 0 Å². The van der Waals surface area contributed by atoms with E-state index in [-0.39, 0.29) is 28.8 Å². The number of carbonyl (C=O) groups excluding carboxylic acids is 5. The zero-order valence-corrected chi connectivity index (χ0v) is 30.9. The second-order valence-electron chi connectivity index (χ2n) is 12.4. The molecule has 2 unspecified atom stereocenters. The number of anilines is 1. The average Bonchev–Trinajstić information content (AvgIpc) is 3.08. The van der Waals surface area contributed by atoms with E-state index in [0.29, 0.717) is 22.2 Å². The van der Waals surface area contributed by atoms with Crippen LogP contribution in [-0.2, 0) is 33.7 Å². The van der Waals surface area contributed by atoms with Gasteiger partial charge in [-0.2, -0.15) is 0 Å². The molecule has 4 amide bonds. The fourth-order valence-corrected chi connectivity index (χ4v) is 8.65. The van der Waals surface area contributed by atoms with Gasteiger partial charge in [-0.05, 0) is 61.7 Å². The molecular formula is C40H41N2O8P. The van der Waals surface area contributed by atoms with Crippen LogP contribution in [0.25, 0.3) is 11.1 Å². The molecule has 0 bridgehead atoms. The van der Waals surface area contributed by atoms with Crippen molar-refractivity contribution < 1.29 is 37.8 Å². The third-order valence-corrected chi connectivity index (χ3v) is 11.9. The summed E-state index contributed by atoms with van der Waals surface area (Å²) in [5.41, 5.74) is 4.06. The normalized spacial score (nSPS) is 15.2. The maximum absolute atomic E-state index is 15.7. The van der Waals surface area contributed by atoms with Crippen LogP contribution in [0.2, 0.25) is 0 Å². The van der Waals surface area contributed by atoms with E-state index < -0.39 is 30.3 Å². The number of hydrogen-bond acceptors (Lipinski definition) is 8. The van der Waals surface area contributed by atoms with Crippen molar-refractivity contribution in [1.82, 2.24) is 4.90 Å². The molecule has 4 aromatic rings. The molecule has 4 aromatic carbocycles. The van der Waals surface area contributed by atoms with Crippen molar-refractivity contribution >= 4 is 48.0 Å². The van der Waals surface area contributed by atoms with Gasteiger partial charge in [-0.3, -0.25) is 28.6 Å². The third-order valence-electron chi connectivity index (χ3n) is 8.72. The first-order valence-corrected chi connectivity index (χ1v) is 17.7. The van der Waals surface area contributed by atoms with Crippen molar-refractivity contribution in [2.45, 2.75) is 53.6 Å². The fraction of sp³-hybridized carbons (Fsp3) is 0.225. The summed E-state index contributed by atoms with van der Waals surface area (Å²) in [6.45, 7) is 14.2. The van der Waals surface area contributed by atoms with Gasteiger partial charge < -0.3 is 9.26 Å². The predicted molar refractivity (Wildman–Crippen MR) is 197 cm³/mol. The van der Waals surface area contributed by atoms with E-state index >= 15 is 4.57 Å². The number of carbonyl (C=O) groups is 5. The van der Waals surface area contributed by atoms with Gasteiger partial charge in [0.25, 0.3) is 7.37 Å². The maximum Gasteiger partial charge on any atom is 0.338 e. The van der Waals surface area contributed by atoms with Gasteiger partial charge in [0.05, 0.1) is 11.0 Å². The Morgan fingerprint density at radius 1 is 0.725 bits per heavy atom. The number of benzene rings is 4. The molecule has 5 rings (SSSR count). The Balaban J connectivity index is 0.000000652. The second kappa shape index (κ2) is 15.1. The fourth-order valence-electron chi connectivity index (χ4n) is 5.68. The van der Waals surface area contributed by atoms with E-state index in [4.69, 9.17) is 9.26 Å². The van der Waals surface area contributed by atoms with Crippen molar-refractivity contribution in [3.63, 3.8) is 0 Å². The molecule has 1 aliphatic heterocycles. The molecule has 0 saturated carbocycles. The molecule has 11 heteroatoms. The number of aryl methyl sites for hydroxylation is 1. The molecule has 0 fully saturated rings. The highest BCUT2D eigenvalue weighted by Crippen LogP contribution is 2.69. The molecule has 1 aliphatic rings. The molecule has 1 heterocycles. The number of nitrogens with zero attached hydrogens (tertiary/aromatic N) is 2. The number of ether oxygens (including phenoxy) is 1. The number of para-hydroxylation sites is 1. The summed E-state index contributed by atoms with van der Waals surface area (Å²) in [4.78, 5) is 60.4. The summed E-state index contributed by atoms with van der Waals surface area (Å²) in [6.07, 6.45) is 0. The van der Waals surface area contributed by atoms with Crippen LogP contribution in [0.15, 0.2) is 103 Å². The highest BCUT2D eigenvalue weighted by molar-refractivity contribution is 7.69. The molecule has 0 aliphatic carbocycles. The average molecular weight is 709 g/mol. The molecule has 0 N–H and O–H groups in total. The second-order valence-corrected chi connectivity index (χ2v) is 15.1. The quantitative estimate of drug-likeness (QED) is 0.0883. The third kappa shape index (κ3) is 7.47. The minimum atomic E-state index is -3.87. The van der Waals surface area contributed by atoms with E-state index in [1.807, 2.05) is 80.6 Å². The van der Waals surface area contributed by atoms with Crippen LogP contribution in [0, 0.1) is 6.92 Å². The number of rotatable bonds is 6. The predicted octanol–water partition coefficient (Wildman–Crippen LogP) is 7.31. The molecule has 0 spiro atoms. The number of hydrogen-bond donors (Lipinski definition) is 0. The number of amides is 4. The summed E-state index contributed by atoms with van der Waals surface area (Å²) in [5, 5.41) is -0.764. The summed E-state index contributed by atoms with van der Waals surface area (Å²) in [6, 6.07) is 27.4. The lowest BCUT2D eigenvalue weighted by atomic mass is 9.90. The number of esters is 1. The Kier molecular flexibility index (Phi) is 11.3. The van der Waals surface area contributed by atoms with E-state index in [9.17, 15) is 24.0 Å². The standard InChI is InChI=1S/C35H32NO6P.C5H9NO2/c1-22(2)34(39)41-32-21-27(19-20-30(32)36(24(4)37)25(5)38)35(6,26-17-15-23(3)16-18-26)43(40)33-14-10-8-12-29(33)28-11-7-9-13-31(28)42-43;1-4(7)6(3)5(2)8/h7-21H,1H2,2-6H3;1-3H3. The highest BCUT2D eigenvalue weighted by atomic mass is 31.2. The lowest BCUT2D eigenvalue weighted by molar-refractivity contribution is -0.140. The van der Waals surface area contributed by atoms with Gasteiger partial charge in [-0.1, -0.05) is 78.9 Å². The highest BCUT2D eigenvalue weighted by Gasteiger charge is 2.54. The van der Waals surface area contributed by atoms with Crippen molar-refractivity contribution in [3.8, 4) is 22.6 Å². The molecule has 0 aromatic heterocycles. The maximum atomic E-state index is 15.7. The molecule has 10 nitrogen and oxygen atoms in total. The minimum absolute atomic E-state index is 0.0495. The van der Waals surface area contributed by atoms with Crippen LogP contribution in [-0.4, -0.2) is 41.5 Å². The number of imide groups is 2. The first-order chi connectivity index (χ1) is 23.9. The Hall–Kier alpha value is -5.60. The van der Waals surface area contributed by atoms with Gasteiger partial charge in [0.15, 0.2) is 5.75 Å². The zero-order valence-electron chi connectivity index (χ0n) is 30.0. The molecular weight excluding hydrogens is 667 g/mol. The number of fused-ring (bicyclic) bond motifs is 3. The van der Waals surface area contributed by atoms with E-state index in [1.165, 1.54) is 47.7 Å². The molecule has 0 saturated heterocycles. The van der Waals surface area contributed by atoms with E-state index in [0.717, 1.165) is 26.5 Å². The van der Waals surface area contributed by atoms with Crippen molar-refractivity contribution in [3.05, 3.63) is 120 Å². The van der Waals surface area contributed by atoms with Crippen LogP contribution in [0.3, 0.4) is 0 Å². The van der Waals surface area contributed by atoms with Gasteiger partial charge in [0, 0.05) is 45.9 Å². The Labute approximate surface area is 298 Å². The Morgan fingerprint density at radius 3 is 1.78 bits per heavy atom. The summed E-state index contributed by atoms with van der Waals surface area (Å²) >= 11 is 0. The first-order valence-electron chi connectivity index (χ1n) is 16.1. The topological polar surface area (TPSA) is 127 Å². The van der Waals surface area contributed by atoms with Crippen LogP contribution in [0.1, 0.15) is 58.2 Å². The van der Waals surface area contributed by atoms with Gasteiger partial charge in [-0.25, -0.2) is 9.69 Å². The smallest absolute Gasteiger partial charge is 0.338 e. The Bertz CT molecular complexity index is 2080. The SMILES string of the molecule is C=C(C)C(=O)Oc1cc(C(C)(c2ccc(C)cc2)P2(=O)Oc3ccccc3-c3ccccc32)ccc1N(C(C)=O)C(C)=O.CC(=O)N(C)C(C)=O. The lowest BCUT2D eigenvalue weighted by Gasteiger charge is -2.41. The van der Waals surface area contributed by atoms with Crippen LogP contribution in [0.4, 0.5) is 5.69 Å². The van der Waals surface area contributed by atoms with Crippen LogP contribution in [0.5, 0.6) is 11.5 Å². The van der Waals surface area contributed by atoms with E-state index in [1.54, 1.807) is 18.2 Å². The van der Waals surface area contributed by atoms with Crippen molar-refractivity contribution in [2.24, 2.45) is 0 Å². The summed E-state index contributed by atoms with van der Waals surface area (Å²) in [5.74, 6) is -1.84. The zero-order chi connectivity index (χ0) is 37.8. The molecule has 2 atom stereocenters. The Morgan fingerprint density at radius 2 is 1.25 bits per heavy atom. The van der Waals surface area contributed by atoms with Gasteiger partial charge in [0.2, 0.25) is 23.6 Å².